The summed E-state index contributed by atoms with van der Waals surface area (Å²) < 4.78 is 1.58. The molecule has 0 spiro atoms. The van der Waals surface area contributed by atoms with Gasteiger partial charge in [-0.15, -0.1) is 0 Å². The lowest BCUT2D eigenvalue weighted by Crippen LogP contribution is -1.97. The van der Waals surface area contributed by atoms with Gasteiger partial charge in [0.2, 0.25) is 0 Å². The van der Waals surface area contributed by atoms with Crippen LogP contribution in [-0.4, -0.2) is 20.6 Å². The average molecular weight is 227 g/mol. The third kappa shape index (κ3) is 2.16. The highest BCUT2D eigenvalue weighted by atomic mass is 16.4. The van der Waals surface area contributed by atoms with Crippen molar-refractivity contribution in [1.82, 2.24) is 9.55 Å². The van der Waals surface area contributed by atoms with Gasteiger partial charge in [-0.25, -0.2) is 4.79 Å². The van der Waals surface area contributed by atoms with Crippen molar-refractivity contribution < 1.29 is 9.90 Å². The second kappa shape index (κ2) is 4.49. The van der Waals surface area contributed by atoms with Crippen LogP contribution in [0.2, 0.25) is 0 Å². The summed E-state index contributed by atoms with van der Waals surface area (Å²) in [6.45, 7) is 0.0964. The second-order valence-corrected chi connectivity index (χ2v) is 3.42. The summed E-state index contributed by atoms with van der Waals surface area (Å²) in [7, 11) is 0. The highest BCUT2D eigenvalue weighted by Crippen LogP contribution is 2.20. The van der Waals surface area contributed by atoms with Crippen LogP contribution in [0.25, 0.3) is 11.4 Å². The summed E-state index contributed by atoms with van der Waals surface area (Å²) in [6, 6.07) is 8.87. The Morgan fingerprint density at radius 1 is 1.53 bits per heavy atom. The lowest BCUT2D eigenvalue weighted by atomic mass is 10.2. The third-order valence-corrected chi connectivity index (χ3v) is 2.31. The van der Waals surface area contributed by atoms with Crippen LogP contribution in [0.3, 0.4) is 0 Å². The molecule has 0 fully saturated rings. The molecule has 1 N–H and O–H groups in total. The molecule has 0 radical (unpaired) electrons. The summed E-state index contributed by atoms with van der Waals surface area (Å²) >= 11 is 0. The molecule has 0 aromatic carbocycles. The van der Waals surface area contributed by atoms with Crippen LogP contribution in [0.5, 0.6) is 0 Å². The van der Waals surface area contributed by atoms with Gasteiger partial charge in [-0.1, -0.05) is 6.07 Å². The zero-order valence-corrected chi connectivity index (χ0v) is 8.87. The molecule has 0 aliphatic carbocycles. The van der Waals surface area contributed by atoms with Gasteiger partial charge in [-0.05, 0) is 18.2 Å². The van der Waals surface area contributed by atoms with Crippen molar-refractivity contribution in [3.8, 4) is 17.5 Å². The molecule has 0 aliphatic rings. The van der Waals surface area contributed by atoms with Crippen LogP contribution in [0.1, 0.15) is 10.4 Å². The SMILES string of the molecule is N#CCn1cc(C(=O)O)cc1-c1ccccn1. The van der Waals surface area contributed by atoms with Crippen LogP contribution < -0.4 is 0 Å². The van der Waals surface area contributed by atoms with E-state index in [1.165, 1.54) is 12.3 Å². The van der Waals surface area contributed by atoms with Gasteiger partial charge in [0.1, 0.15) is 6.54 Å². The molecule has 5 nitrogen and oxygen atoms in total. The van der Waals surface area contributed by atoms with E-state index in [1.807, 2.05) is 12.1 Å². The van der Waals surface area contributed by atoms with Crippen molar-refractivity contribution in [2.75, 3.05) is 0 Å². The Bertz CT molecular complexity index is 582. The van der Waals surface area contributed by atoms with Crippen molar-refractivity contribution in [2.45, 2.75) is 6.54 Å². The number of hydrogen-bond acceptors (Lipinski definition) is 3. The first-order valence-corrected chi connectivity index (χ1v) is 4.94. The van der Waals surface area contributed by atoms with Crippen molar-refractivity contribution >= 4 is 5.97 Å². The Morgan fingerprint density at radius 3 is 2.94 bits per heavy atom. The van der Waals surface area contributed by atoms with Gasteiger partial charge in [0, 0.05) is 12.4 Å². The van der Waals surface area contributed by atoms with E-state index in [0.717, 1.165) is 0 Å². The minimum atomic E-state index is -1.01. The normalized spacial score (nSPS) is 9.82. The summed E-state index contributed by atoms with van der Waals surface area (Å²) in [5.41, 5.74) is 1.43. The molecule has 0 bridgehead atoms. The number of nitriles is 1. The van der Waals surface area contributed by atoms with Crippen LogP contribution in [0.4, 0.5) is 0 Å². The summed E-state index contributed by atoms with van der Waals surface area (Å²) in [5.74, 6) is -1.01. The van der Waals surface area contributed by atoms with E-state index in [1.54, 1.807) is 22.9 Å². The number of carboxylic acid groups (broad SMARTS) is 1. The van der Waals surface area contributed by atoms with Crippen LogP contribution >= 0.6 is 0 Å². The van der Waals surface area contributed by atoms with E-state index < -0.39 is 5.97 Å². The fourth-order valence-electron chi connectivity index (χ4n) is 1.56. The molecule has 0 saturated carbocycles. The Kier molecular flexibility index (Phi) is 2.88. The van der Waals surface area contributed by atoms with Crippen LogP contribution in [-0.2, 0) is 6.54 Å². The fourth-order valence-corrected chi connectivity index (χ4v) is 1.56. The number of carbonyl (C=O) groups is 1. The number of pyridine rings is 1. The molecule has 5 heteroatoms. The third-order valence-electron chi connectivity index (χ3n) is 2.31. The zero-order chi connectivity index (χ0) is 12.3. The van der Waals surface area contributed by atoms with Crippen molar-refractivity contribution in [2.24, 2.45) is 0 Å². The standard InChI is InChI=1S/C12H9N3O2/c13-4-6-15-8-9(12(16)17)7-11(15)10-3-1-2-5-14-10/h1-3,5,7-8H,6H2,(H,16,17). The number of hydrogen-bond donors (Lipinski definition) is 1. The molecule has 17 heavy (non-hydrogen) atoms. The predicted octanol–water partition coefficient (Wildman–Crippen LogP) is 1.77. The second-order valence-electron chi connectivity index (χ2n) is 3.42. The van der Waals surface area contributed by atoms with Gasteiger partial charge in [0.05, 0.1) is 23.0 Å². The maximum absolute atomic E-state index is 10.9. The van der Waals surface area contributed by atoms with Gasteiger partial charge >= 0.3 is 5.97 Å². The number of carboxylic acids is 1. The first kappa shape index (κ1) is 10.9. The average Bonchev–Trinajstić information content (AvgIpc) is 2.75. The smallest absolute Gasteiger partial charge is 0.337 e. The summed E-state index contributed by atoms with van der Waals surface area (Å²) in [5, 5.41) is 17.6. The molecular formula is C12H9N3O2. The maximum Gasteiger partial charge on any atom is 0.337 e. The van der Waals surface area contributed by atoms with E-state index in [4.69, 9.17) is 10.4 Å². The van der Waals surface area contributed by atoms with E-state index in [2.05, 4.69) is 4.98 Å². The van der Waals surface area contributed by atoms with Gasteiger partial charge in [0.25, 0.3) is 0 Å². The predicted molar refractivity (Wildman–Crippen MR) is 60.2 cm³/mol. The Labute approximate surface area is 97.6 Å². The molecule has 2 rings (SSSR count). The van der Waals surface area contributed by atoms with Crippen molar-refractivity contribution in [1.29, 1.82) is 5.26 Å². The zero-order valence-electron chi connectivity index (χ0n) is 8.87. The first-order valence-electron chi connectivity index (χ1n) is 4.94. The Balaban J connectivity index is 2.52. The molecule has 0 atom stereocenters. The largest absolute Gasteiger partial charge is 0.478 e. The van der Waals surface area contributed by atoms with Gasteiger partial charge < -0.3 is 9.67 Å². The van der Waals surface area contributed by atoms with Crippen LogP contribution in [0.15, 0.2) is 36.7 Å². The molecule has 0 saturated heterocycles. The lowest BCUT2D eigenvalue weighted by Gasteiger charge is -2.03. The molecule has 2 aromatic heterocycles. The number of nitrogens with zero attached hydrogens (tertiary/aromatic N) is 3. The number of rotatable bonds is 3. The Hall–Kier alpha value is -2.61. The topological polar surface area (TPSA) is 78.9 Å². The highest BCUT2D eigenvalue weighted by molar-refractivity contribution is 5.89. The van der Waals surface area contributed by atoms with Crippen molar-refractivity contribution in [3.63, 3.8) is 0 Å². The molecule has 2 heterocycles. The maximum atomic E-state index is 10.9. The van der Waals surface area contributed by atoms with E-state index in [-0.39, 0.29) is 12.1 Å². The van der Waals surface area contributed by atoms with Gasteiger partial charge in [-0.2, -0.15) is 5.26 Å². The van der Waals surface area contributed by atoms with E-state index in [9.17, 15) is 4.79 Å². The minimum absolute atomic E-state index is 0.0964. The molecule has 2 aromatic rings. The van der Waals surface area contributed by atoms with Gasteiger partial charge in [0.15, 0.2) is 0 Å². The summed E-state index contributed by atoms with van der Waals surface area (Å²) in [4.78, 5) is 15.0. The molecular weight excluding hydrogens is 218 g/mol. The first-order chi connectivity index (χ1) is 8.22. The lowest BCUT2D eigenvalue weighted by molar-refractivity contribution is 0.0697. The van der Waals surface area contributed by atoms with E-state index >= 15 is 0 Å². The number of aromatic nitrogens is 2. The Morgan fingerprint density at radius 2 is 2.35 bits per heavy atom. The molecule has 0 aliphatic heterocycles. The van der Waals surface area contributed by atoms with E-state index in [0.29, 0.717) is 11.4 Å². The molecule has 0 unspecified atom stereocenters. The summed E-state index contributed by atoms with van der Waals surface area (Å²) in [6.07, 6.45) is 3.06. The monoisotopic (exact) mass is 227 g/mol. The quantitative estimate of drug-likeness (QED) is 0.866. The molecule has 84 valence electrons. The molecule has 0 amide bonds. The number of aromatic carboxylic acids is 1. The minimum Gasteiger partial charge on any atom is -0.478 e. The highest BCUT2D eigenvalue weighted by Gasteiger charge is 2.12. The van der Waals surface area contributed by atoms with Gasteiger partial charge in [-0.3, -0.25) is 4.98 Å². The van der Waals surface area contributed by atoms with Crippen LogP contribution in [0, 0.1) is 11.3 Å². The fraction of sp³-hybridized carbons (Fsp3) is 0.0833. The van der Waals surface area contributed by atoms with Crippen molar-refractivity contribution in [3.05, 3.63) is 42.2 Å².